The van der Waals surface area contributed by atoms with Crippen LogP contribution in [0.15, 0.2) is 29.0 Å². The number of hydrogen-bond donors (Lipinski definition) is 1. The van der Waals surface area contributed by atoms with Crippen LogP contribution in [0.3, 0.4) is 0 Å². The third kappa shape index (κ3) is 2.57. The molecule has 0 bridgehead atoms. The van der Waals surface area contributed by atoms with Gasteiger partial charge in [0, 0.05) is 38.6 Å². The van der Waals surface area contributed by atoms with Gasteiger partial charge in [0.15, 0.2) is 5.82 Å². The van der Waals surface area contributed by atoms with Gasteiger partial charge in [-0.2, -0.15) is 4.98 Å². The number of ether oxygens (including phenoxy) is 1. The lowest BCUT2D eigenvalue weighted by molar-refractivity contribution is 0.0409. The first-order chi connectivity index (χ1) is 9.82. The summed E-state index contributed by atoms with van der Waals surface area (Å²) in [6, 6.07) is 3.90. The maximum Gasteiger partial charge on any atom is 0.234 e. The normalized spacial score (nSPS) is 18.1. The summed E-state index contributed by atoms with van der Waals surface area (Å²) >= 11 is 0. The minimum atomic E-state index is -0.220. The van der Waals surface area contributed by atoms with Crippen molar-refractivity contribution in [2.45, 2.75) is 24.7 Å². The highest BCUT2D eigenvalue weighted by molar-refractivity contribution is 5.16. The standard InChI is InChI=1S/C14H18N4O2/c15-10-14(3-7-19-8-4-14)13-17-12(18-20-13)9-11-1-5-16-6-2-11/h1-2,5-6H,3-4,7-10,15H2. The van der Waals surface area contributed by atoms with Crippen molar-refractivity contribution in [3.05, 3.63) is 41.8 Å². The van der Waals surface area contributed by atoms with Crippen molar-refractivity contribution in [1.82, 2.24) is 15.1 Å². The zero-order valence-electron chi connectivity index (χ0n) is 11.3. The number of rotatable bonds is 4. The molecule has 20 heavy (non-hydrogen) atoms. The summed E-state index contributed by atoms with van der Waals surface area (Å²) < 4.78 is 10.9. The Kier molecular flexibility index (Phi) is 3.75. The molecule has 106 valence electrons. The van der Waals surface area contributed by atoms with Crippen LogP contribution in [0.5, 0.6) is 0 Å². The Labute approximate surface area is 117 Å². The molecule has 1 fully saturated rings. The molecule has 2 aromatic rings. The Balaban J connectivity index is 1.79. The van der Waals surface area contributed by atoms with E-state index >= 15 is 0 Å². The van der Waals surface area contributed by atoms with Crippen LogP contribution in [0.2, 0.25) is 0 Å². The van der Waals surface area contributed by atoms with Gasteiger partial charge in [-0.25, -0.2) is 0 Å². The molecule has 0 amide bonds. The monoisotopic (exact) mass is 274 g/mol. The molecule has 2 N–H and O–H groups in total. The molecule has 0 atom stereocenters. The fraction of sp³-hybridized carbons (Fsp3) is 0.500. The average Bonchev–Trinajstić information content (AvgIpc) is 2.98. The SMILES string of the molecule is NCC1(c2nc(Cc3ccncc3)no2)CCOCC1. The lowest BCUT2D eigenvalue weighted by Crippen LogP contribution is -2.40. The summed E-state index contributed by atoms with van der Waals surface area (Å²) in [5.74, 6) is 1.33. The smallest absolute Gasteiger partial charge is 0.234 e. The zero-order valence-corrected chi connectivity index (χ0v) is 11.3. The quantitative estimate of drug-likeness (QED) is 0.897. The highest BCUT2D eigenvalue weighted by Gasteiger charge is 2.38. The molecule has 1 saturated heterocycles. The average molecular weight is 274 g/mol. The summed E-state index contributed by atoms with van der Waals surface area (Å²) in [5.41, 5.74) is 6.83. The van der Waals surface area contributed by atoms with Crippen molar-refractivity contribution in [2.24, 2.45) is 5.73 Å². The highest BCUT2D eigenvalue weighted by Crippen LogP contribution is 2.32. The predicted molar refractivity (Wildman–Crippen MR) is 72.1 cm³/mol. The molecule has 3 heterocycles. The maximum absolute atomic E-state index is 5.94. The van der Waals surface area contributed by atoms with Crippen LogP contribution in [-0.4, -0.2) is 34.9 Å². The molecule has 1 aliphatic rings. The Bertz CT molecular complexity index is 549. The number of nitrogens with zero attached hydrogens (tertiary/aromatic N) is 3. The van der Waals surface area contributed by atoms with E-state index in [-0.39, 0.29) is 5.41 Å². The first-order valence-corrected chi connectivity index (χ1v) is 6.82. The summed E-state index contributed by atoms with van der Waals surface area (Å²) in [6.07, 6.45) is 5.83. The van der Waals surface area contributed by atoms with Crippen LogP contribution in [0, 0.1) is 0 Å². The lowest BCUT2D eigenvalue weighted by Gasteiger charge is -2.32. The molecule has 0 aliphatic carbocycles. The number of aromatic nitrogens is 3. The van der Waals surface area contributed by atoms with E-state index in [0.717, 1.165) is 18.4 Å². The van der Waals surface area contributed by atoms with E-state index in [9.17, 15) is 0 Å². The Morgan fingerprint density at radius 3 is 2.65 bits per heavy atom. The van der Waals surface area contributed by atoms with Crippen molar-refractivity contribution in [3.63, 3.8) is 0 Å². The van der Waals surface area contributed by atoms with Gasteiger partial charge in [-0.05, 0) is 30.5 Å². The minimum Gasteiger partial charge on any atom is -0.381 e. The molecular formula is C14H18N4O2. The second kappa shape index (κ2) is 5.68. The van der Waals surface area contributed by atoms with E-state index in [4.69, 9.17) is 15.0 Å². The van der Waals surface area contributed by atoms with Gasteiger partial charge in [0.25, 0.3) is 0 Å². The van der Waals surface area contributed by atoms with Crippen LogP contribution >= 0.6 is 0 Å². The Morgan fingerprint density at radius 2 is 1.95 bits per heavy atom. The van der Waals surface area contributed by atoms with Gasteiger partial charge in [-0.15, -0.1) is 0 Å². The molecule has 0 aromatic carbocycles. The fourth-order valence-corrected chi connectivity index (χ4v) is 2.49. The van der Waals surface area contributed by atoms with Crippen LogP contribution in [0.1, 0.15) is 30.1 Å². The Hall–Kier alpha value is -1.79. The van der Waals surface area contributed by atoms with Crippen molar-refractivity contribution in [1.29, 1.82) is 0 Å². The number of nitrogens with two attached hydrogens (primary N) is 1. The lowest BCUT2D eigenvalue weighted by atomic mass is 9.80. The van der Waals surface area contributed by atoms with E-state index in [0.29, 0.717) is 37.9 Å². The summed E-state index contributed by atoms with van der Waals surface area (Å²) in [4.78, 5) is 8.53. The topological polar surface area (TPSA) is 87.1 Å². The van der Waals surface area contributed by atoms with Gasteiger partial charge in [0.05, 0.1) is 5.41 Å². The van der Waals surface area contributed by atoms with Crippen LogP contribution in [0.25, 0.3) is 0 Å². The van der Waals surface area contributed by atoms with E-state index < -0.39 is 0 Å². The largest absolute Gasteiger partial charge is 0.381 e. The molecule has 2 aromatic heterocycles. The van der Waals surface area contributed by atoms with Gasteiger partial charge in [0.1, 0.15) is 0 Å². The molecule has 1 aliphatic heterocycles. The van der Waals surface area contributed by atoms with E-state index in [2.05, 4.69) is 15.1 Å². The van der Waals surface area contributed by atoms with Gasteiger partial charge < -0.3 is 15.0 Å². The summed E-state index contributed by atoms with van der Waals surface area (Å²) in [7, 11) is 0. The molecule has 0 radical (unpaired) electrons. The first-order valence-electron chi connectivity index (χ1n) is 6.82. The molecule has 0 spiro atoms. The molecule has 6 heteroatoms. The van der Waals surface area contributed by atoms with Crippen molar-refractivity contribution >= 4 is 0 Å². The van der Waals surface area contributed by atoms with Gasteiger partial charge >= 0.3 is 0 Å². The summed E-state index contributed by atoms with van der Waals surface area (Å²) in [5, 5.41) is 4.08. The second-order valence-electron chi connectivity index (χ2n) is 5.14. The zero-order chi connectivity index (χ0) is 13.8. The molecule has 0 saturated carbocycles. The van der Waals surface area contributed by atoms with Crippen LogP contribution in [-0.2, 0) is 16.6 Å². The van der Waals surface area contributed by atoms with Gasteiger partial charge in [-0.3, -0.25) is 4.98 Å². The number of hydrogen-bond acceptors (Lipinski definition) is 6. The third-order valence-electron chi connectivity index (χ3n) is 3.87. The first kappa shape index (κ1) is 13.2. The maximum atomic E-state index is 5.94. The van der Waals surface area contributed by atoms with Crippen molar-refractivity contribution in [2.75, 3.05) is 19.8 Å². The Morgan fingerprint density at radius 1 is 1.20 bits per heavy atom. The van der Waals surface area contributed by atoms with Crippen molar-refractivity contribution < 1.29 is 9.26 Å². The van der Waals surface area contributed by atoms with Gasteiger partial charge in [0.2, 0.25) is 5.89 Å². The van der Waals surface area contributed by atoms with E-state index in [1.165, 1.54) is 0 Å². The summed E-state index contributed by atoms with van der Waals surface area (Å²) in [6.45, 7) is 1.89. The van der Waals surface area contributed by atoms with Crippen LogP contribution in [0.4, 0.5) is 0 Å². The van der Waals surface area contributed by atoms with Gasteiger partial charge in [-0.1, -0.05) is 5.16 Å². The second-order valence-corrected chi connectivity index (χ2v) is 5.14. The van der Waals surface area contributed by atoms with E-state index in [1.807, 2.05) is 12.1 Å². The number of pyridine rings is 1. The van der Waals surface area contributed by atoms with Crippen LogP contribution < -0.4 is 5.73 Å². The predicted octanol–water partition coefficient (Wildman–Crippen LogP) is 1.06. The van der Waals surface area contributed by atoms with E-state index in [1.54, 1.807) is 12.4 Å². The van der Waals surface area contributed by atoms with Crippen molar-refractivity contribution in [3.8, 4) is 0 Å². The third-order valence-corrected chi connectivity index (χ3v) is 3.87. The molecular weight excluding hydrogens is 256 g/mol. The molecule has 6 nitrogen and oxygen atoms in total. The molecule has 3 rings (SSSR count). The highest BCUT2D eigenvalue weighted by atomic mass is 16.5. The fourth-order valence-electron chi connectivity index (χ4n) is 2.49. The molecule has 0 unspecified atom stereocenters. The minimum absolute atomic E-state index is 0.220.